The number of carbonyl (C=O) groups is 2. The summed E-state index contributed by atoms with van der Waals surface area (Å²) in [4.78, 5) is 23.4. The molecule has 2 spiro atoms. The summed E-state index contributed by atoms with van der Waals surface area (Å²) in [6, 6.07) is 21.5. The summed E-state index contributed by atoms with van der Waals surface area (Å²) < 4.78 is 59.6. The van der Waals surface area contributed by atoms with Crippen LogP contribution in [0.1, 0.15) is 137 Å². The van der Waals surface area contributed by atoms with E-state index in [0.717, 1.165) is 77.0 Å². The quantitative estimate of drug-likeness (QED) is 0.240. The standard InChI is InChI=1S/C34H46O6Si.C19H30O7/c1-24(35)22-25-18-19-28-30(37-25)32-31(39-34(40-32)20-12-7-13-21-34)29(38-28)23-36-41(33(2,3)4,26-14-8-5-9-15-26)27-16-10-6-11-17-27;1-11(21)9-12-5-6-14-16(23-12)18-17(15(24-14)13(22)10-20)25-19(26-18)7-3-2-4-8-19/h5-6,8-11,14-17,25,28-32H,7,12-13,18-23H2,1-4H3;12-18,20,22H,2-10H2,1H3/t25-,28+,29+,30+,31?,32+;12-,13?,14+,15+,16+,17?,18+/m11/s1. The molecule has 2 saturated carbocycles. The largest absolute Gasteiger partial charge is 0.405 e. The molecule has 6 saturated heterocycles. The minimum absolute atomic E-state index is 0.0885. The molecule has 8 aliphatic rings. The molecule has 0 radical (unpaired) electrons. The fraction of sp³-hybridized carbons (Fsp3) is 0.736. The minimum atomic E-state index is -2.74. The van der Waals surface area contributed by atoms with Gasteiger partial charge in [-0.25, -0.2) is 0 Å². The molecule has 6 heterocycles. The minimum Gasteiger partial charge on any atom is -0.405 e. The number of aliphatic hydroxyl groups is 2. The second-order valence-corrected chi connectivity index (χ2v) is 26.1. The van der Waals surface area contributed by atoms with Crippen molar-refractivity contribution in [3.05, 3.63) is 60.7 Å². The molecule has 2 aliphatic carbocycles. The molecule has 67 heavy (non-hydrogen) atoms. The van der Waals surface area contributed by atoms with Crippen molar-refractivity contribution >= 4 is 30.3 Å². The zero-order chi connectivity index (χ0) is 47.0. The van der Waals surface area contributed by atoms with Gasteiger partial charge in [0.1, 0.15) is 66.5 Å². The predicted octanol–water partition coefficient (Wildman–Crippen LogP) is 6.38. The summed E-state index contributed by atoms with van der Waals surface area (Å²) in [6.45, 7) is 10.2. The van der Waals surface area contributed by atoms with Crippen LogP contribution in [0.4, 0.5) is 0 Å². The van der Waals surface area contributed by atoms with Crippen molar-refractivity contribution in [1.29, 1.82) is 0 Å². The monoisotopic (exact) mass is 949 g/mol. The zero-order valence-electron chi connectivity index (χ0n) is 40.4. The Labute approximate surface area is 398 Å². The number of ether oxygens (including phenoxy) is 8. The fourth-order valence-electron chi connectivity index (χ4n) is 12.7. The van der Waals surface area contributed by atoms with E-state index in [9.17, 15) is 19.8 Å². The molecule has 13 atom stereocenters. The first kappa shape index (κ1) is 49.5. The topological polar surface area (TPSA) is 158 Å². The van der Waals surface area contributed by atoms with Crippen molar-refractivity contribution in [3.63, 3.8) is 0 Å². The van der Waals surface area contributed by atoms with Crippen molar-refractivity contribution in [3.8, 4) is 0 Å². The van der Waals surface area contributed by atoms with Crippen molar-refractivity contribution in [2.24, 2.45) is 0 Å². The highest BCUT2D eigenvalue weighted by Gasteiger charge is 2.62. The fourth-order valence-corrected chi connectivity index (χ4v) is 17.3. The summed E-state index contributed by atoms with van der Waals surface area (Å²) >= 11 is 0. The normalized spacial score (nSPS) is 35.9. The lowest BCUT2D eigenvalue weighted by atomic mass is 9.87. The van der Waals surface area contributed by atoms with Crippen LogP contribution in [0.15, 0.2) is 60.7 Å². The molecule has 3 unspecified atom stereocenters. The summed E-state index contributed by atoms with van der Waals surface area (Å²) in [5.74, 6) is -0.928. The number of rotatable bonds is 11. The van der Waals surface area contributed by atoms with Gasteiger partial charge in [-0.3, -0.25) is 9.59 Å². The van der Waals surface area contributed by atoms with Crippen molar-refractivity contribution in [1.82, 2.24) is 0 Å². The van der Waals surface area contributed by atoms with E-state index < -0.39 is 38.2 Å². The van der Waals surface area contributed by atoms with E-state index in [2.05, 4.69) is 81.4 Å². The van der Waals surface area contributed by atoms with Gasteiger partial charge in [-0.05, 0) is 80.6 Å². The van der Waals surface area contributed by atoms with Gasteiger partial charge in [-0.2, -0.15) is 0 Å². The van der Waals surface area contributed by atoms with Gasteiger partial charge in [0, 0.05) is 38.5 Å². The Hall–Kier alpha value is -2.44. The molecule has 14 heteroatoms. The second-order valence-electron chi connectivity index (χ2n) is 21.8. The molecule has 2 N–H and O–H groups in total. The molecular formula is C53H76O13Si. The first-order valence-electron chi connectivity index (χ1n) is 25.6. The van der Waals surface area contributed by atoms with Gasteiger partial charge in [0.25, 0.3) is 8.32 Å². The van der Waals surface area contributed by atoms with Crippen LogP contribution in [0.2, 0.25) is 5.04 Å². The van der Waals surface area contributed by atoms with E-state index in [-0.39, 0.29) is 84.3 Å². The molecular weight excluding hydrogens is 873 g/mol. The molecule has 10 rings (SSSR count). The summed E-state index contributed by atoms with van der Waals surface area (Å²) in [5.41, 5.74) is 0. The number of fused-ring (bicyclic) bond motifs is 6. The van der Waals surface area contributed by atoms with Gasteiger partial charge in [-0.15, -0.1) is 0 Å². The average Bonchev–Trinajstić information content (AvgIpc) is 3.88. The molecule has 2 aromatic rings. The van der Waals surface area contributed by atoms with E-state index in [0.29, 0.717) is 19.4 Å². The number of carbonyl (C=O) groups excluding carboxylic acids is 2. The smallest absolute Gasteiger partial charge is 0.261 e. The highest BCUT2D eigenvalue weighted by Crippen LogP contribution is 2.50. The van der Waals surface area contributed by atoms with E-state index in [1.54, 1.807) is 13.8 Å². The van der Waals surface area contributed by atoms with E-state index in [4.69, 9.17) is 42.3 Å². The summed E-state index contributed by atoms with van der Waals surface area (Å²) in [6.07, 6.45) is 9.86. The van der Waals surface area contributed by atoms with Crippen LogP contribution < -0.4 is 10.4 Å². The first-order valence-corrected chi connectivity index (χ1v) is 27.5. The lowest BCUT2D eigenvalue weighted by Crippen LogP contribution is -2.68. The number of aliphatic hydroxyl groups excluding tert-OH is 2. The Kier molecular flexibility index (Phi) is 15.3. The Morgan fingerprint density at radius 1 is 0.627 bits per heavy atom. The van der Waals surface area contributed by atoms with Crippen molar-refractivity contribution in [2.75, 3.05) is 13.2 Å². The van der Waals surface area contributed by atoms with Crippen LogP contribution >= 0.6 is 0 Å². The van der Waals surface area contributed by atoms with Crippen LogP contribution in [-0.2, 0) is 51.9 Å². The Balaban J connectivity index is 0.000000186. The SMILES string of the molecule is CC(=O)C[C@H]1CC[C@@H]2O[C@@H](C(O)CO)C3OC4(CCCCC4)O[C@H]3[C@H]2O1.CC(=O)C[C@H]1CC[C@@H]2O[C@@H](CO[Si](c3ccccc3)(c3ccccc3)C(C)(C)C)C3OC4(CCCCC4)O[C@H]3[C@H]2O1. The van der Waals surface area contributed by atoms with Crippen LogP contribution in [0.25, 0.3) is 0 Å². The number of hydrogen-bond donors (Lipinski definition) is 2. The highest BCUT2D eigenvalue weighted by molar-refractivity contribution is 6.99. The molecule has 13 nitrogen and oxygen atoms in total. The Bertz CT molecular complexity index is 1910. The third kappa shape index (κ3) is 10.3. The van der Waals surface area contributed by atoms with Gasteiger partial charge in [0.05, 0.1) is 37.6 Å². The predicted molar refractivity (Wildman–Crippen MR) is 251 cm³/mol. The van der Waals surface area contributed by atoms with Crippen LogP contribution in [0, 0.1) is 0 Å². The number of ketones is 2. The van der Waals surface area contributed by atoms with Gasteiger partial charge < -0.3 is 52.5 Å². The number of benzene rings is 2. The van der Waals surface area contributed by atoms with E-state index in [1.165, 1.54) is 23.2 Å². The van der Waals surface area contributed by atoms with Gasteiger partial charge in [0.2, 0.25) is 0 Å². The van der Waals surface area contributed by atoms with Gasteiger partial charge >= 0.3 is 0 Å². The molecule has 6 aliphatic heterocycles. The highest BCUT2D eigenvalue weighted by atomic mass is 28.4. The lowest BCUT2D eigenvalue weighted by Gasteiger charge is -2.48. The average molecular weight is 949 g/mol. The summed E-state index contributed by atoms with van der Waals surface area (Å²) in [7, 11) is -2.74. The third-order valence-corrected chi connectivity index (χ3v) is 20.8. The van der Waals surface area contributed by atoms with E-state index >= 15 is 0 Å². The molecule has 0 bridgehead atoms. The molecule has 0 amide bonds. The Morgan fingerprint density at radius 2 is 1.07 bits per heavy atom. The third-order valence-electron chi connectivity index (χ3n) is 15.8. The first-order chi connectivity index (χ1) is 32.2. The van der Waals surface area contributed by atoms with Crippen LogP contribution in [0.3, 0.4) is 0 Å². The van der Waals surface area contributed by atoms with Crippen molar-refractivity contribution in [2.45, 2.75) is 233 Å². The Morgan fingerprint density at radius 3 is 1.54 bits per heavy atom. The maximum absolute atomic E-state index is 11.9. The van der Waals surface area contributed by atoms with Gasteiger partial charge in [-0.1, -0.05) is 94.3 Å². The maximum atomic E-state index is 11.9. The molecule has 2 aromatic carbocycles. The number of hydrogen-bond acceptors (Lipinski definition) is 13. The number of Topliss-reactive ketones (excluding diaryl/α,β-unsaturated/α-hetero) is 2. The van der Waals surface area contributed by atoms with Crippen LogP contribution in [-0.4, -0.2) is 134 Å². The zero-order valence-corrected chi connectivity index (χ0v) is 41.4. The van der Waals surface area contributed by atoms with E-state index in [1.807, 2.05) is 0 Å². The van der Waals surface area contributed by atoms with Crippen molar-refractivity contribution < 1.29 is 62.1 Å². The molecule has 370 valence electrons. The van der Waals surface area contributed by atoms with Crippen LogP contribution in [0.5, 0.6) is 0 Å². The lowest BCUT2D eigenvalue weighted by molar-refractivity contribution is -0.255. The maximum Gasteiger partial charge on any atom is 0.261 e. The second kappa shape index (κ2) is 20.7. The van der Waals surface area contributed by atoms with Gasteiger partial charge in [0.15, 0.2) is 11.6 Å². The molecule has 0 aromatic heterocycles. The molecule has 8 fully saturated rings. The summed E-state index contributed by atoms with van der Waals surface area (Å²) in [5, 5.41) is 22.1.